The van der Waals surface area contributed by atoms with Crippen molar-refractivity contribution in [2.75, 3.05) is 33.9 Å². The van der Waals surface area contributed by atoms with Crippen molar-refractivity contribution in [3.05, 3.63) is 63.7 Å². The van der Waals surface area contributed by atoms with Gasteiger partial charge in [0.25, 0.3) is 11.6 Å². The molecule has 0 saturated carbocycles. The number of benzene rings is 2. The topological polar surface area (TPSA) is 103 Å². The van der Waals surface area contributed by atoms with Crippen LogP contribution < -0.4 is 20.1 Å². The van der Waals surface area contributed by atoms with Crippen LogP contribution in [0.25, 0.3) is 0 Å². The lowest BCUT2D eigenvalue weighted by Crippen LogP contribution is -2.27. The fourth-order valence-electron chi connectivity index (χ4n) is 2.83. The summed E-state index contributed by atoms with van der Waals surface area (Å²) in [7, 11) is 3.25. The zero-order valence-corrected chi connectivity index (χ0v) is 18.0. The number of nitro benzene ring substituents is 1. The van der Waals surface area contributed by atoms with E-state index in [2.05, 4.69) is 10.6 Å². The van der Waals surface area contributed by atoms with Crippen molar-refractivity contribution < 1.29 is 19.2 Å². The maximum absolute atomic E-state index is 12.0. The van der Waals surface area contributed by atoms with E-state index in [1.165, 1.54) is 29.8 Å². The Morgan fingerprint density at radius 2 is 1.63 bits per heavy atom. The third-order valence-corrected chi connectivity index (χ3v) is 4.42. The molecule has 0 bridgehead atoms. The number of methoxy groups -OCH3 is 2. The minimum atomic E-state index is -0.488. The summed E-state index contributed by atoms with van der Waals surface area (Å²) in [6.45, 7) is 2.22. The van der Waals surface area contributed by atoms with Crippen LogP contribution in [0.15, 0.2) is 42.5 Å². The van der Waals surface area contributed by atoms with Crippen molar-refractivity contribution in [2.45, 2.75) is 19.3 Å². The van der Waals surface area contributed by atoms with Gasteiger partial charge >= 0.3 is 0 Å². The first kappa shape index (κ1) is 25.2. The van der Waals surface area contributed by atoms with Crippen molar-refractivity contribution in [3.8, 4) is 11.5 Å². The summed E-state index contributed by atoms with van der Waals surface area (Å²) >= 11 is 0. The van der Waals surface area contributed by atoms with Crippen LogP contribution in [0.4, 0.5) is 5.69 Å². The van der Waals surface area contributed by atoms with E-state index < -0.39 is 4.92 Å². The number of halogens is 1. The maximum Gasteiger partial charge on any atom is 0.269 e. The predicted molar refractivity (Wildman–Crippen MR) is 118 cm³/mol. The van der Waals surface area contributed by atoms with Gasteiger partial charge in [-0.25, -0.2) is 0 Å². The SMILES string of the molecule is COc1ccc(CCCNCCCNC(=O)c2ccc([N+](=O)[O-])cc2)cc1OC.Cl. The van der Waals surface area contributed by atoms with Gasteiger partial charge < -0.3 is 20.1 Å². The van der Waals surface area contributed by atoms with Crippen LogP contribution in [0.2, 0.25) is 0 Å². The fourth-order valence-corrected chi connectivity index (χ4v) is 2.83. The van der Waals surface area contributed by atoms with Crippen molar-refractivity contribution in [2.24, 2.45) is 0 Å². The van der Waals surface area contributed by atoms with Gasteiger partial charge in [-0.15, -0.1) is 12.4 Å². The van der Waals surface area contributed by atoms with Gasteiger partial charge in [-0.05, 0) is 62.2 Å². The molecule has 0 aliphatic carbocycles. The third kappa shape index (κ3) is 7.88. The Kier molecular flexibility index (Phi) is 11.3. The number of carbonyl (C=O) groups is 1. The van der Waals surface area contributed by atoms with Crippen LogP contribution in [0, 0.1) is 10.1 Å². The van der Waals surface area contributed by atoms with Gasteiger partial charge in [-0.1, -0.05) is 6.07 Å². The van der Waals surface area contributed by atoms with E-state index in [4.69, 9.17) is 9.47 Å². The van der Waals surface area contributed by atoms with Gasteiger partial charge in [-0.3, -0.25) is 14.9 Å². The van der Waals surface area contributed by atoms with Crippen LogP contribution >= 0.6 is 12.4 Å². The molecule has 2 aromatic carbocycles. The molecule has 0 atom stereocenters. The molecule has 2 N–H and O–H groups in total. The summed E-state index contributed by atoms with van der Waals surface area (Å²) in [5.41, 5.74) is 1.58. The zero-order chi connectivity index (χ0) is 21.1. The van der Waals surface area contributed by atoms with Gasteiger partial charge in [0.2, 0.25) is 0 Å². The lowest BCUT2D eigenvalue weighted by Gasteiger charge is -2.10. The Bertz CT molecular complexity index is 815. The van der Waals surface area contributed by atoms with Crippen LogP contribution in [0.3, 0.4) is 0 Å². The number of ether oxygens (including phenoxy) is 2. The first-order valence-electron chi connectivity index (χ1n) is 9.49. The Balaban J connectivity index is 0.00000450. The van der Waals surface area contributed by atoms with Crippen molar-refractivity contribution in [3.63, 3.8) is 0 Å². The van der Waals surface area contributed by atoms with Gasteiger partial charge in [0.1, 0.15) is 0 Å². The van der Waals surface area contributed by atoms with E-state index in [9.17, 15) is 14.9 Å². The van der Waals surface area contributed by atoms with E-state index in [0.29, 0.717) is 12.1 Å². The lowest BCUT2D eigenvalue weighted by atomic mass is 10.1. The maximum atomic E-state index is 12.0. The van der Waals surface area contributed by atoms with Gasteiger partial charge in [-0.2, -0.15) is 0 Å². The smallest absolute Gasteiger partial charge is 0.269 e. The van der Waals surface area contributed by atoms with E-state index in [0.717, 1.165) is 43.9 Å². The Hall–Kier alpha value is -2.84. The van der Waals surface area contributed by atoms with Crippen LogP contribution in [-0.2, 0) is 6.42 Å². The van der Waals surface area contributed by atoms with E-state index in [1.807, 2.05) is 18.2 Å². The highest BCUT2D eigenvalue weighted by Gasteiger charge is 2.08. The largest absolute Gasteiger partial charge is 0.493 e. The fraction of sp³-hybridized carbons (Fsp3) is 0.381. The Morgan fingerprint density at radius 1 is 0.967 bits per heavy atom. The van der Waals surface area contributed by atoms with Crippen molar-refractivity contribution >= 4 is 24.0 Å². The number of nitrogens with zero attached hydrogens (tertiary/aromatic N) is 1. The van der Waals surface area contributed by atoms with E-state index in [-0.39, 0.29) is 24.0 Å². The van der Waals surface area contributed by atoms with E-state index in [1.54, 1.807) is 14.2 Å². The number of amides is 1. The molecule has 1 amide bonds. The minimum absolute atomic E-state index is 0. The number of aryl methyl sites for hydroxylation is 1. The highest BCUT2D eigenvalue weighted by Crippen LogP contribution is 2.27. The number of rotatable bonds is 12. The molecule has 0 aromatic heterocycles. The van der Waals surface area contributed by atoms with Crippen molar-refractivity contribution in [1.29, 1.82) is 0 Å². The van der Waals surface area contributed by atoms with Crippen molar-refractivity contribution in [1.82, 2.24) is 10.6 Å². The number of nitro groups is 1. The highest BCUT2D eigenvalue weighted by atomic mass is 35.5. The average Bonchev–Trinajstić information content (AvgIpc) is 2.75. The third-order valence-electron chi connectivity index (χ3n) is 4.42. The normalized spacial score (nSPS) is 10.1. The molecule has 0 fully saturated rings. The second kappa shape index (κ2) is 13.4. The molecule has 2 aromatic rings. The van der Waals surface area contributed by atoms with Crippen LogP contribution in [0.5, 0.6) is 11.5 Å². The first-order chi connectivity index (χ1) is 14.0. The number of carbonyl (C=O) groups excluding carboxylic acids is 1. The molecule has 0 saturated heterocycles. The second-order valence-corrected chi connectivity index (χ2v) is 6.46. The molecular formula is C21H28ClN3O5. The summed E-state index contributed by atoms with van der Waals surface area (Å²) < 4.78 is 10.5. The summed E-state index contributed by atoms with van der Waals surface area (Å²) in [6, 6.07) is 11.5. The molecule has 8 nitrogen and oxygen atoms in total. The average molecular weight is 438 g/mol. The van der Waals surface area contributed by atoms with Crippen LogP contribution in [0.1, 0.15) is 28.8 Å². The molecule has 9 heteroatoms. The Morgan fingerprint density at radius 3 is 2.27 bits per heavy atom. The van der Waals surface area contributed by atoms with E-state index >= 15 is 0 Å². The minimum Gasteiger partial charge on any atom is -0.493 e. The monoisotopic (exact) mass is 437 g/mol. The Labute approximate surface area is 182 Å². The number of nitrogens with one attached hydrogen (secondary N) is 2. The standard InChI is InChI=1S/C21H27N3O5.ClH/c1-28-19-11-6-16(15-20(19)29-2)5-3-12-22-13-4-14-23-21(25)17-7-9-18(10-8-17)24(26)27;/h6-11,15,22H,3-5,12-14H2,1-2H3,(H,23,25);1H. The predicted octanol–water partition coefficient (Wildman–Crippen LogP) is 3.38. The number of non-ortho nitro benzene ring substituents is 1. The molecule has 0 unspecified atom stereocenters. The van der Waals surface area contributed by atoms with Gasteiger partial charge in [0, 0.05) is 24.2 Å². The summed E-state index contributed by atoms with van der Waals surface area (Å²) in [5, 5.41) is 16.8. The quantitative estimate of drug-likeness (QED) is 0.300. The summed E-state index contributed by atoms with van der Waals surface area (Å²) in [5.74, 6) is 1.24. The highest BCUT2D eigenvalue weighted by molar-refractivity contribution is 5.94. The van der Waals surface area contributed by atoms with Gasteiger partial charge in [0.05, 0.1) is 19.1 Å². The molecule has 0 radical (unpaired) electrons. The molecule has 0 heterocycles. The van der Waals surface area contributed by atoms with Crippen LogP contribution in [-0.4, -0.2) is 44.7 Å². The molecule has 2 rings (SSSR count). The molecule has 0 aliphatic rings. The number of hydrogen-bond donors (Lipinski definition) is 2. The molecule has 164 valence electrons. The second-order valence-electron chi connectivity index (χ2n) is 6.46. The molecule has 0 spiro atoms. The molecule has 30 heavy (non-hydrogen) atoms. The first-order valence-corrected chi connectivity index (χ1v) is 9.49. The molecular weight excluding hydrogens is 410 g/mol. The number of hydrogen-bond acceptors (Lipinski definition) is 6. The summed E-state index contributed by atoms with van der Waals surface area (Å²) in [6.07, 6.45) is 2.73. The summed E-state index contributed by atoms with van der Waals surface area (Å²) in [4.78, 5) is 22.1. The zero-order valence-electron chi connectivity index (χ0n) is 17.2. The molecule has 0 aliphatic heterocycles. The lowest BCUT2D eigenvalue weighted by molar-refractivity contribution is -0.384. The van der Waals surface area contributed by atoms with Gasteiger partial charge in [0.15, 0.2) is 11.5 Å².